The molecule has 0 bridgehead atoms. The maximum Gasteiger partial charge on any atom is 0.407 e. The molecule has 0 atom stereocenters. The number of methoxy groups -OCH3 is 1. The lowest BCUT2D eigenvalue weighted by Gasteiger charge is -2.38. The largest absolute Gasteiger partial charge is 0.496 e. The van der Waals surface area contributed by atoms with Gasteiger partial charge in [0, 0.05) is 43.0 Å². The second kappa shape index (κ2) is 11.6. The molecule has 0 spiro atoms. The number of nitrogens with zero attached hydrogens (tertiary/aromatic N) is 2. The molecule has 7 heteroatoms. The summed E-state index contributed by atoms with van der Waals surface area (Å²) < 4.78 is 5.61. The highest BCUT2D eigenvalue weighted by Crippen LogP contribution is 2.30. The van der Waals surface area contributed by atoms with Crippen LogP contribution in [0, 0.1) is 5.92 Å². The molecule has 0 radical (unpaired) electrons. The van der Waals surface area contributed by atoms with Gasteiger partial charge in [-0.2, -0.15) is 0 Å². The van der Waals surface area contributed by atoms with E-state index in [9.17, 15) is 14.7 Å². The van der Waals surface area contributed by atoms with Crippen molar-refractivity contribution < 1.29 is 19.4 Å². The fourth-order valence-corrected chi connectivity index (χ4v) is 4.75. The number of carbonyl (C=O) groups is 2. The fraction of sp³-hybridized carbons (Fsp3) is 0.500. The van der Waals surface area contributed by atoms with Gasteiger partial charge >= 0.3 is 6.09 Å². The Morgan fingerprint density at radius 1 is 1.09 bits per heavy atom. The predicted octanol–water partition coefficient (Wildman–Crippen LogP) is 5.38. The molecule has 2 aromatic carbocycles. The third-order valence-corrected chi connectivity index (χ3v) is 6.96. The maximum absolute atomic E-state index is 11.7. The molecule has 2 aromatic rings. The van der Waals surface area contributed by atoms with Crippen molar-refractivity contribution in [2.45, 2.75) is 64.6 Å². The minimum absolute atomic E-state index is 0.382. The van der Waals surface area contributed by atoms with Gasteiger partial charge in [0.15, 0.2) is 0 Å². The molecule has 1 aliphatic rings. The van der Waals surface area contributed by atoms with Crippen molar-refractivity contribution in [2.75, 3.05) is 25.6 Å². The number of carboxylic acid groups (broad SMARTS) is 1. The number of amides is 2. The molecule has 2 amide bonds. The molecule has 0 aliphatic heterocycles. The van der Waals surface area contributed by atoms with Gasteiger partial charge in [0.1, 0.15) is 5.75 Å². The second-order valence-electron chi connectivity index (χ2n) is 10.5. The van der Waals surface area contributed by atoms with E-state index in [0.717, 1.165) is 60.2 Å². The summed E-state index contributed by atoms with van der Waals surface area (Å²) in [5, 5.41) is 13.3. The van der Waals surface area contributed by atoms with Gasteiger partial charge in [-0.1, -0.05) is 18.2 Å². The molecule has 0 unspecified atom stereocenters. The van der Waals surface area contributed by atoms with E-state index < -0.39 is 6.09 Å². The van der Waals surface area contributed by atoms with Crippen LogP contribution in [-0.2, 0) is 11.3 Å². The molecular weight excluding hydrogens is 442 g/mol. The summed E-state index contributed by atoms with van der Waals surface area (Å²) in [7, 11) is 3.43. The zero-order valence-electron chi connectivity index (χ0n) is 21.6. The number of rotatable bonds is 9. The van der Waals surface area contributed by atoms with Crippen molar-refractivity contribution in [3.05, 3.63) is 48.0 Å². The number of carbonyl (C=O) groups excluding carboxylic acids is 1. The zero-order chi connectivity index (χ0) is 25.6. The van der Waals surface area contributed by atoms with Crippen LogP contribution >= 0.6 is 0 Å². The van der Waals surface area contributed by atoms with E-state index in [1.807, 2.05) is 51.1 Å². The molecule has 3 rings (SSSR count). The first-order valence-electron chi connectivity index (χ1n) is 12.3. The van der Waals surface area contributed by atoms with Crippen LogP contribution in [0.2, 0.25) is 0 Å². The van der Waals surface area contributed by atoms with Gasteiger partial charge in [0.2, 0.25) is 6.41 Å². The average Bonchev–Trinajstić information content (AvgIpc) is 2.85. The molecule has 1 saturated carbocycles. The molecule has 0 aromatic heterocycles. The lowest BCUT2D eigenvalue weighted by Crippen LogP contribution is -2.48. The minimum atomic E-state index is -0.838. The topological polar surface area (TPSA) is 82.1 Å². The smallest absolute Gasteiger partial charge is 0.407 e. The standard InChI is InChI=1S/C28H39N3O4/c1-28(2,3)31(27(33)34)18-20-6-11-24(12-7-20)29-17-23-16-22(10-15-26(23)35-5)21-8-13-25(14-9-21)30(4)19-32/h8-10,13-16,19-20,24,29H,6-7,11-12,17-18H2,1-5H3,(H,33,34). The summed E-state index contributed by atoms with van der Waals surface area (Å²) in [6.07, 6.45) is 4.08. The lowest BCUT2D eigenvalue weighted by molar-refractivity contribution is -0.107. The first-order valence-corrected chi connectivity index (χ1v) is 12.3. The lowest BCUT2D eigenvalue weighted by atomic mass is 9.85. The molecule has 1 fully saturated rings. The molecule has 1 aliphatic carbocycles. The molecule has 7 nitrogen and oxygen atoms in total. The zero-order valence-corrected chi connectivity index (χ0v) is 21.6. The normalized spacial score (nSPS) is 18.1. The number of anilines is 1. The highest BCUT2D eigenvalue weighted by atomic mass is 16.5. The molecule has 0 heterocycles. The summed E-state index contributed by atoms with van der Waals surface area (Å²) in [6.45, 7) is 7.17. The molecular formula is C28H39N3O4. The summed E-state index contributed by atoms with van der Waals surface area (Å²) >= 11 is 0. The van der Waals surface area contributed by atoms with Gasteiger partial charge in [0.05, 0.1) is 7.11 Å². The number of benzene rings is 2. The van der Waals surface area contributed by atoms with Crippen LogP contribution in [0.25, 0.3) is 11.1 Å². The Bertz CT molecular complexity index is 992. The highest BCUT2D eigenvalue weighted by Gasteiger charge is 2.30. The van der Waals surface area contributed by atoms with E-state index >= 15 is 0 Å². The van der Waals surface area contributed by atoms with Gasteiger partial charge in [-0.05, 0) is 87.8 Å². The molecule has 2 N–H and O–H groups in total. The number of nitrogens with one attached hydrogen (secondary N) is 1. The minimum Gasteiger partial charge on any atom is -0.496 e. The summed E-state index contributed by atoms with van der Waals surface area (Å²) in [6, 6.07) is 14.5. The predicted molar refractivity (Wildman–Crippen MR) is 140 cm³/mol. The van der Waals surface area contributed by atoms with Crippen LogP contribution in [-0.4, -0.2) is 54.8 Å². The SMILES string of the molecule is COc1ccc(-c2ccc(N(C)C=O)cc2)cc1CNC1CCC(CN(C(=O)O)C(C)(C)C)CC1. The van der Waals surface area contributed by atoms with E-state index in [1.54, 1.807) is 24.0 Å². The van der Waals surface area contributed by atoms with Crippen molar-refractivity contribution in [1.29, 1.82) is 0 Å². The van der Waals surface area contributed by atoms with E-state index in [-0.39, 0.29) is 5.54 Å². The molecule has 0 saturated heterocycles. The van der Waals surface area contributed by atoms with Crippen molar-refractivity contribution in [3.8, 4) is 16.9 Å². The number of hydrogen-bond acceptors (Lipinski definition) is 4. The van der Waals surface area contributed by atoms with E-state index in [1.165, 1.54) is 0 Å². The summed E-state index contributed by atoms with van der Waals surface area (Å²) in [5.41, 5.74) is 3.75. The third-order valence-electron chi connectivity index (χ3n) is 6.96. The van der Waals surface area contributed by atoms with Crippen LogP contribution in [0.5, 0.6) is 5.75 Å². The maximum atomic E-state index is 11.7. The van der Waals surface area contributed by atoms with Crippen molar-refractivity contribution in [1.82, 2.24) is 10.2 Å². The van der Waals surface area contributed by atoms with Crippen molar-refractivity contribution in [3.63, 3.8) is 0 Å². The van der Waals surface area contributed by atoms with Crippen molar-refractivity contribution in [2.24, 2.45) is 5.92 Å². The quantitative estimate of drug-likeness (QED) is 0.470. The van der Waals surface area contributed by atoms with E-state index in [0.29, 0.717) is 25.0 Å². The van der Waals surface area contributed by atoms with Crippen LogP contribution in [0.15, 0.2) is 42.5 Å². The average molecular weight is 482 g/mol. The van der Waals surface area contributed by atoms with Crippen molar-refractivity contribution >= 4 is 18.2 Å². The Morgan fingerprint density at radius 2 is 1.71 bits per heavy atom. The molecule has 190 valence electrons. The van der Waals surface area contributed by atoms with Gasteiger partial charge < -0.3 is 25.0 Å². The first-order chi connectivity index (χ1) is 16.6. The highest BCUT2D eigenvalue weighted by molar-refractivity contribution is 5.76. The van der Waals surface area contributed by atoms with E-state index in [2.05, 4.69) is 17.4 Å². The number of hydrogen-bond donors (Lipinski definition) is 2. The second-order valence-corrected chi connectivity index (χ2v) is 10.5. The Morgan fingerprint density at radius 3 is 2.26 bits per heavy atom. The number of ether oxygens (including phenoxy) is 1. The van der Waals surface area contributed by atoms with Crippen LogP contribution in [0.4, 0.5) is 10.5 Å². The van der Waals surface area contributed by atoms with Crippen LogP contribution in [0.1, 0.15) is 52.0 Å². The van der Waals surface area contributed by atoms with Gasteiger partial charge in [-0.3, -0.25) is 4.79 Å². The Balaban J connectivity index is 1.60. The van der Waals surface area contributed by atoms with Gasteiger partial charge in [-0.15, -0.1) is 0 Å². The summed E-state index contributed by atoms with van der Waals surface area (Å²) in [4.78, 5) is 25.8. The fourth-order valence-electron chi connectivity index (χ4n) is 4.75. The van der Waals surface area contributed by atoms with E-state index in [4.69, 9.17) is 4.74 Å². The Labute approximate surface area is 209 Å². The monoisotopic (exact) mass is 481 g/mol. The summed E-state index contributed by atoms with van der Waals surface area (Å²) in [5.74, 6) is 1.26. The van der Waals surface area contributed by atoms with Crippen LogP contribution < -0.4 is 15.0 Å². The molecule has 35 heavy (non-hydrogen) atoms. The van der Waals surface area contributed by atoms with Gasteiger partial charge in [-0.25, -0.2) is 4.79 Å². The third kappa shape index (κ3) is 6.98. The van der Waals surface area contributed by atoms with Gasteiger partial charge in [0.25, 0.3) is 0 Å². The first kappa shape index (κ1) is 26.5. The Kier molecular flexibility index (Phi) is 8.78. The Hall–Kier alpha value is -3.06. The van der Waals surface area contributed by atoms with Crippen LogP contribution in [0.3, 0.4) is 0 Å².